The minimum atomic E-state index is -1.18. The summed E-state index contributed by atoms with van der Waals surface area (Å²) in [7, 11) is 1.76. The highest BCUT2D eigenvalue weighted by atomic mass is 35.5. The van der Waals surface area contributed by atoms with Crippen LogP contribution in [0, 0.1) is 6.92 Å². The van der Waals surface area contributed by atoms with Crippen LogP contribution in [0.3, 0.4) is 0 Å². The van der Waals surface area contributed by atoms with Gasteiger partial charge in [0.1, 0.15) is 5.69 Å². The molecule has 0 aliphatic carbocycles. The number of ketones is 1. The quantitative estimate of drug-likeness (QED) is 0.311. The van der Waals surface area contributed by atoms with Crippen LogP contribution in [0.4, 0.5) is 5.69 Å². The highest BCUT2D eigenvalue weighted by Crippen LogP contribution is 2.16. The van der Waals surface area contributed by atoms with Gasteiger partial charge in [-0.3, -0.25) is 19.1 Å². The zero-order valence-electron chi connectivity index (χ0n) is 18.7. The number of anilines is 1. The predicted octanol–water partition coefficient (Wildman–Crippen LogP) is 4.19. The Balaban J connectivity index is 1.71. The van der Waals surface area contributed by atoms with Crippen LogP contribution in [0.25, 0.3) is 5.69 Å². The molecular weight excluding hydrogens is 452 g/mol. The zero-order chi connectivity index (χ0) is 24.2. The molecule has 0 aliphatic heterocycles. The smallest absolute Gasteiger partial charge is 0.295 e. The van der Waals surface area contributed by atoms with Crippen molar-refractivity contribution in [2.24, 2.45) is 7.05 Å². The number of nitrogens with zero attached hydrogens (tertiary/aromatic N) is 2. The molecule has 1 amide bonds. The molecule has 1 atom stereocenters. The summed E-state index contributed by atoms with van der Waals surface area (Å²) in [4.78, 5) is 39.6. The molecule has 0 saturated heterocycles. The lowest BCUT2D eigenvalue weighted by Gasteiger charge is -2.20. The molecule has 7 nitrogen and oxygen atoms in total. The van der Waals surface area contributed by atoms with Crippen LogP contribution in [-0.4, -0.2) is 27.2 Å². The van der Waals surface area contributed by atoms with Crippen molar-refractivity contribution in [1.29, 1.82) is 0 Å². The minimum absolute atomic E-state index is 0.219. The number of aromatic nitrogens is 2. The van der Waals surface area contributed by atoms with Gasteiger partial charge in [-0.2, -0.15) is 0 Å². The SMILES string of the molecule is Cc1c(NC(NC(=O)c2ccc(Cl)cc2)C(=O)c2ccccc2)c(=O)n(-c2ccccc2)n1C. The van der Waals surface area contributed by atoms with Gasteiger partial charge in [-0.1, -0.05) is 60.1 Å². The van der Waals surface area contributed by atoms with Crippen LogP contribution < -0.4 is 16.2 Å². The van der Waals surface area contributed by atoms with E-state index in [0.29, 0.717) is 27.5 Å². The van der Waals surface area contributed by atoms with E-state index in [9.17, 15) is 14.4 Å². The summed E-state index contributed by atoms with van der Waals surface area (Å²) in [6, 6.07) is 24.1. The number of Topliss-reactive ketones (excluding diaryl/α,β-unsaturated/α-hetero) is 1. The van der Waals surface area contributed by atoms with Crippen LogP contribution in [-0.2, 0) is 7.05 Å². The van der Waals surface area contributed by atoms with E-state index in [1.54, 1.807) is 73.3 Å². The molecule has 172 valence electrons. The standard InChI is InChI=1S/C26H23ClN4O3/c1-17-22(26(34)31(30(17)2)21-11-7-4-8-12-21)28-24(23(32)18-9-5-3-6-10-18)29-25(33)19-13-15-20(27)16-14-19/h3-16,24,28H,1-2H3,(H,29,33). The molecule has 1 aromatic heterocycles. The molecule has 0 radical (unpaired) electrons. The number of amides is 1. The maximum Gasteiger partial charge on any atom is 0.295 e. The third-order valence-corrected chi connectivity index (χ3v) is 5.80. The summed E-state index contributed by atoms with van der Waals surface area (Å²) in [5.41, 5.74) is 1.91. The lowest BCUT2D eigenvalue weighted by atomic mass is 10.1. The van der Waals surface area contributed by atoms with Gasteiger partial charge < -0.3 is 10.6 Å². The first kappa shape index (κ1) is 23.1. The van der Waals surface area contributed by atoms with E-state index >= 15 is 0 Å². The van der Waals surface area contributed by atoms with E-state index in [2.05, 4.69) is 10.6 Å². The number of carbonyl (C=O) groups excluding carboxylic acids is 2. The van der Waals surface area contributed by atoms with Crippen LogP contribution in [0.15, 0.2) is 89.7 Å². The molecule has 4 rings (SSSR count). The first-order chi connectivity index (χ1) is 16.4. The van der Waals surface area contributed by atoms with Crippen LogP contribution >= 0.6 is 11.6 Å². The van der Waals surface area contributed by atoms with Gasteiger partial charge in [0, 0.05) is 23.2 Å². The molecule has 1 unspecified atom stereocenters. The number of nitrogens with one attached hydrogen (secondary N) is 2. The third-order valence-electron chi connectivity index (χ3n) is 5.55. The van der Waals surface area contributed by atoms with Gasteiger partial charge >= 0.3 is 0 Å². The lowest BCUT2D eigenvalue weighted by molar-refractivity contribution is 0.0869. The third kappa shape index (κ3) is 4.65. The monoisotopic (exact) mass is 474 g/mol. The van der Waals surface area contributed by atoms with Crippen molar-refractivity contribution in [3.63, 3.8) is 0 Å². The summed E-state index contributed by atoms with van der Waals surface area (Å²) in [5.74, 6) is -0.854. The Morgan fingerprint density at radius 1 is 0.853 bits per heavy atom. The predicted molar refractivity (Wildman–Crippen MR) is 133 cm³/mol. The van der Waals surface area contributed by atoms with Gasteiger partial charge in [0.2, 0.25) is 5.78 Å². The van der Waals surface area contributed by atoms with Crippen LogP contribution in [0.5, 0.6) is 0 Å². The highest BCUT2D eigenvalue weighted by molar-refractivity contribution is 6.30. The summed E-state index contributed by atoms with van der Waals surface area (Å²) in [5, 5.41) is 6.21. The second-order valence-corrected chi connectivity index (χ2v) is 8.16. The van der Waals surface area contributed by atoms with Gasteiger partial charge in [-0.25, -0.2) is 4.68 Å². The fraction of sp³-hybridized carbons (Fsp3) is 0.115. The molecule has 0 spiro atoms. The number of hydrogen-bond donors (Lipinski definition) is 2. The molecule has 4 aromatic rings. The maximum atomic E-state index is 13.3. The average Bonchev–Trinajstić information content (AvgIpc) is 3.07. The maximum absolute atomic E-state index is 13.3. The van der Waals surface area contributed by atoms with E-state index in [1.807, 2.05) is 30.3 Å². The van der Waals surface area contributed by atoms with Crippen molar-refractivity contribution in [1.82, 2.24) is 14.7 Å². The van der Waals surface area contributed by atoms with E-state index in [-0.39, 0.29) is 17.0 Å². The van der Waals surface area contributed by atoms with Crippen molar-refractivity contribution in [2.45, 2.75) is 13.1 Å². The molecule has 3 aromatic carbocycles. The Hall–Kier alpha value is -4.10. The van der Waals surface area contributed by atoms with Gasteiger partial charge in [0.05, 0.1) is 11.4 Å². The van der Waals surface area contributed by atoms with E-state index in [1.165, 1.54) is 4.68 Å². The number of benzene rings is 3. The molecule has 0 saturated carbocycles. The van der Waals surface area contributed by atoms with Gasteiger partial charge in [-0.05, 0) is 43.3 Å². The largest absolute Gasteiger partial charge is 0.353 e. The second kappa shape index (κ2) is 9.80. The molecule has 8 heteroatoms. The Labute approximate surface area is 201 Å². The van der Waals surface area contributed by atoms with Gasteiger partial charge in [0.25, 0.3) is 11.5 Å². The summed E-state index contributed by atoms with van der Waals surface area (Å²) < 4.78 is 3.20. The van der Waals surface area contributed by atoms with Gasteiger partial charge in [-0.15, -0.1) is 0 Å². The molecule has 0 aliphatic rings. The van der Waals surface area contributed by atoms with Crippen molar-refractivity contribution in [2.75, 3.05) is 5.32 Å². The fourth-order valence-electron chi connectivity index (χ4n) is 3.63. The van der Waals surface area contributed by atoms with E-state index < -0.39 is 12.1 Å². The number of carbonyl (C=O) groups is 2. The van der Waals surface area contributed by atoms with Crippen molar-refractivity contribution >= 4 is 29.0 Å². The number of rotatable bonds is 7. The Kier molecular flexibility index (Phi) is 6.65. The molecule has 2 N–H and O–H groups in total. The van der Waals surface area contributed by atoms with Gasteiger partial charge in [0.15, 0.2) is 6.17 Å². The second-order valence-electron chi connectivity index (χ2n) is 7.72. The highest BCUT2D eigenvalue weighted by Gasteiger charge is 2.26. The average molecular weight is 475 g/mol. The topological polar surface area (TPSA) is 85.1 Å². The molecule has 34 heavy (non-hydrogen) atoms. The Morgan fingerprint density at radius 3 is 2.06 bits per heavy atom. The normalized spacial score (nSPS) is 11.6. The van der Waals surface area contributed by atoms with Crippen molar-refractivity contribution in [3.05, 3.63) is 117 Å². The zero-order valence-corrected chi connectivity index (χ0v) is 19.4. The molecule has 0 bridgehead atoms. The molecular formula is C26H23ClN4O3. The summed E-state index contributed by atoms with van der Waals surface area (Å²) in [6.07, 6.45) is -1.18. The number of para-hydroxylation sites is 1. The summed E-state index contributed by atoms with van der Waals surface area (Å²) in [6.45, 7) is 1.77. The Morgan fingerprint density at radius 2 is 1.44 bits per heavy atom. The van der Waals surface area contributed by atoms with Crippen molar-refractivity contribution in [3.8, 4) is 5.69 Å². The minimum Gasteiger partial charge on any atom is -0.353 e. The fourth-order valence-corrected chi connectivity index (χ4v) is 3.76. The Bertz CT molecular complexity index is 1380. The molecule has 1 heterocycles. The first-order valence-corrected chi connectivity index (χ1v) is 11.0. The van der Waals surface area contributed by atoms with Crippen LogP contribution in [0.1, 0.15) is 26.4 Å². The number of hydrogen-bond acceptors (Lipinski definition) is 4. The van der Waals surface area contributed by atoms with Crippen molar-refractivity contribution < 1.29 is 9.59 Å². The summed E-state index contributed by atoms with van der Waals surface area (Å²) >= 11 is 5.92. The number of halogens is 1. The van der Waals surface area contributed by atoms with Crippen LogP contribution in [0.2, 0.25) is 5.02 Å². The molecule has 0 fully saturated rings. The first-order valence-electron chi connectivity index (χ1n) is 10.6. The van der Waals surface area contributed by atoms with E-state index in [4.69, 9.17) is 11.6 Å². The van der Waals surface area contributed by atoms with E-state index in [0.717, 1.165) is 0 Å². The lowest BCUT2D eigenvalue weighted by Crippen LogP contribution is -2.47.